The smallest absolute Gasteiger partial charge is 0.330 e. The van der Waals surface area contributed by atoms with Crippen molar-refractivity contribution in [2.24, 2.45) is 0 Å². The summed E-state index contributed by atoms with van der Waals surface area (Å²) >= 11 is 4.19. The van der Waals surface area contributed by atoms with Gasteiger partial charge in [0.05, 0.1) is 6.61 Å². The maximum absolute atomic E-state index is 10.7. The van der Waals surface area contributed by atoms with Crippen LogP contribution in [0.25, 0.3) is 0 Å². The van der Waals surface area contributed by atoms with Gasteiger partial charge in [0.1, 0.15) is 0 Å². The van der Waals surface area contributed by atoms with Crippen LogP contribution in [0, 0.1) is 0 Å². The Bertz CT molecular complexity index is 193. The Labute approximate surface area is 111 Å². The maximum atomic E-state index is 10.7. The average Bonchev–Trinajstić information content (AvgIpc) is 2.35. The molecule has 0 amide bonds. The summed E-state index contributed by atoms with van der Waals surface area (Å²) in [5.74, 6) is 0.706. The summed E-state index contributed by atoms with van der Waals surface area (Å²) < 4.78 is 4.90. The van der Waals surface area contributed by atoms with Gasteiger partial charge in [-0.1, -0.05) is 51.5 Å². The van der Waals surface area contributed by atoms with Crippen molar-refractivity contribution in [3.05, 3.63) is 12.7 Å². The Morgan fingerprint density at radius 3 is 1.88 bits per heavy atom. The van der Waals surface area contributed by atoms with Gasteiger partial charge in [-0.2, -0.15) is 12.6 Å². The van der Waals surface area contributed by atoms with E-state index in [1.54, 1.807) is 0 Å². The standard InChI is InChI=1S/C14H26O2S/c1-2-14(15)16-12-10-8-6-4-3-5-7-9-11-13-17/h2,17H,1,3-13H2. The number of hydrogen-bond donors (Lipinski definition) is 1. The lowest BCUT2D eigenvalue weighted by atomic mass is 10.1. The van der Waals surface area contributed by atoms with Gasteiger partial charge in [0, 0.05) is 6.08 Å². The van der Waals surface area contributed by atoms with E-state index in [2.05, 4.69) is 19.2 Å². The van der Waals surface area contributed by atoms with Gasteiger partial charge in [-0.15, -0.1) is 0 Å². The molecule has 0 radical (unpaired) electrons. The summed E-state index contributed by atoms with van der Waals surface area (Å²) in [6.45, 7) is 3.89. The number of rotatable bonds is 12. The first kappa shape index (κ1) is 16.6. The third-order valence-electron chi connectivity index (χ3n) is 2.71. The molecule has 0 atom stereocenters. The molecule has 0 aliphatic heterocycles. The molecule has 0 saturated carbocycles. The van der Waals surface area contributed by atoms with Crippen LogP contribution in [0.4, 0.5) is 0 Å². The minimum absolute atomic E-state index is 0.311. The number of carbonyl (C=O) groups excluding carboxylic acids is 1. The molecule has 17 heavy (non-hydrogen) atoms. The Morgan fingerprint density at radius 1 is 0.941 bits per heavy atom. The number of carbonyl (C=O) groups is 1. The molecular weight excluding hydrogens is 232 g/mol. The minimum atomic E-state index is -0.311. The van der Waals surface area contributed by atoms with Gasteiger partial charge in [0.2, 0.25) is 0 Å². The molecule has 100 valence electrons. The van der Waals surface area contributed by atoms with E-state index in [4.69, 9.17) is 4.74 Å². The zero-order chi connectivity index (χ0) is 12.8. The summed E-state index contributed by atoms with van der Waals surface area (Å²) in [5, 5.41) is 0. The predicted molar refractivity (Wildman–Crippen MR) is 76.6 cm³/mol. The van der Waals surface area contributed by atoms with E-state index in [1.807, 2.05) is 0 Å². The van der Waals surface area contributed by atoms with E-state index in [1.165, 1.54) is 51.0 Å². The first-order valence-electron chi connectivity index (χ1n) is 6.71. The molecule has 0 aromatic carbocycles. The highest BCUT2D eigenvalue weighted by atomic mass is 32.1. The third-order valence-corrected chi connectivity index (χ3v) is 3.03. The minimum Gasteiger partial charge on any atom is -0.463 e. The van der Waals surface area contributed by atoms with Crippen LogP contribution in [0.1, 0.15) is 57.8 Å². The molecule has 0 rings (SSSR count). The SMILES string of the molecule is C=CC(=O)OCCCCCCCCCCCS. The lowest BCUT2D eigenvalue weighted by Gasteiger charge is -2.03. The van der Waals surface area contributed by atoms with Crippen molar-refractivity contribution in [3.63, 3.8) is 0 Å². The van der Waals surface area contributed by atoms with Crippen molar-refractivity contribution in [1.82, 2.24) is 0 Å². The van der Waals surface area contributed by atoms with Crippen molar-refractivity contribution in [2.45, 2.75) is 57.8 Å². The summed E-state index contributed by atoms with van der Waals surface area (Å²) in [7, 11) is 0. The van der Waals surface area contributed by atoms with Gasteiger partial charge in [0.15, 0.2) is 0 Å². The summed E-state index contributed by atoms with van der Waals surface area (Å²) in [4.78, 5) is 10.7. The largest absolute Gasteiger partial charge is 0.463 e. The number of thiol groups is 1. The van der Waals surface area contributed by atoms with Gasteiger partial charge in [-0.25, -0.2) is 4.79 Å². The molecule has 0 fully saturated rings. The molecule has 0 saturated heterocycles. The maximum Gasteiger partial charge on any atom is 0.330 e. The van der Waals surface area contributed by atoms with Gasteiger partial charge in [-0.05, 0) is 18.6 Å². The van der Waals surface area contributed by atoms with Crippen LogP contribution in [-0.4, -0.2) is 18.3 Å². The van der Waals surface area contributed by atoms with Crippen molar-refractivity contribution < 1.29 is 9.53 Å². The van der Waals surface area contributed by atoms with Crippen LogP contribution < -0.4 is 0 Å². The fourth-order valence-electron chi connectivity index (χ4n) is 1.68. The monoisotopic (exact) mass is 258 g/mol. The van der Waals surface area contributed by atoms with Gasteiger partial charge < -0.3 is 4.74 Å². The molecule has 0 bridgehead atoms. The highest BCUT2D eigenvalue weighted by Crippen LogP contribution is 2.09. The van der Waals surface area contributed by atoms with Crippen molar-refractivity contribution >= 4 is 18.6 Å². The fraction of sp³-hybridized carbons (Fsp3) is 0.786. The lowest BCUT2D eigenvalue weighted by molar-refractivity contribution is -0.137. The predicted octanol–water partition coefficient (Wildman–Crippen LogP) is 4.16. The van der Waals surface area contributed by atoms with Gasteiger partial charge in [0.25, 0.3) is 0 Å². The van der Waals surface area contributed by atoms with E-state index in [0.29, 0.717) is 6.61 Å². The molecule has 0 aliphatic carbocycles. The Morgan fingerprint density at radius 2 is 1.41 bits per heavy atom. The Kier molecular flexibility index (Phi) is 13.3. The first-order valence-corrected chi connectivity index (χ1v) is 7.34. The molecule has 0 heterocycles. The third kappa shape index (κ3) is 13.5. The van der Waals surface area contributed by atoms with Crippen molar-refractivity contribution in [3.8, 4) is 0 Å². The Balaban J connectivity index is 2.98. The second-order valence-electron chi connectivity index (χ2n) is 4.28. The van der Waals surface area contributed by atoms with Crippen LogP contribution in [-0.2, 0) is 9.53 Å². The summed E-state index contributed by atoms with van der Waals surface area (Å²) in [6.07, 6.45) is 12.5. The number of unbranched alkanes of at least 4 members (excludes halogenated alkanes) is 8. The van der Waals surface area contributed by atoms with Crippen LogP contribution in [0.2, 0.25) is 0 Å². The quantitative estimate of drug-likeness (QED) is 0.246. The van der Waals surface area contributed by atoms with E-state index in [9.17, 15) is 4.79 Å². The molecular formula is C14H26O2S. The zero-order valence-electron chi connectivity index (χ0n) is 10.8. The first-order chi connectivity index (χ1) is 8.31. The lowest BCUT2D eigenvalue weighted by Crippen LogP contribution is -2.01. The highest BCUT2D eigenvalue weighted by Gasteiger charge is 1.95. The number of hydrogen-bond acceptors (Lipinski definition) is 3. The van der Waals surface area contributed by atoms with E-state index < -0.39 is 0 Å². The fourth-order valence-corrected chi connectivity index (χ4v) is 1.91. The van der Waals surface area contributed by atoms with Crippen molar-refractivity contribution in [1.29, 1.82) is 0 Å². The molecule has 0 N–H and O–H groups in total. The molecule has 0 aromatic rings. The Hall–Kier alpha value is -0.440. The zero-order valence-corrected chi connectivity index (χ0v) is 11.7. The molecule has 2 nitrogen and oxygen atoms in total. The number of ether oxygens (including phenoxy) is 1. The topological polar surface area (TPSA) is 26.3 Å². The average molecular weight is 258 g/mol. The van der Waals surface area contributed by atoms with Crippen molar-refractivity contribution in [2.75, 3.05) is 12.4 Å². The van der Waals surface area contributed by atoms with Crippen LogP contribution in [0.15, 0.2) is 12.7 Å². The van der Waals surface area contributed by atoms with E-state index >= 15 is 0 Å². The molecule has 0 spiro atoms. The van der Waals surface area contributed by atoms with E-state index in [-0.39, 0.29) is 5.97 Å². The van der Waals surface area contributed by atoms with Crippen LogP contribution in [0.5, 0.6) is 0 Å². The van der Waals surface area contributed by atoms with Crippen LogP contribution >= 0.6 is 12.6 Å². The second kappa shape index (κ2) is 13.6. The molecule has 0 aliphatic rings. The summed E-state index contributed by atoms with van der Waals surface area (Å²) in [5.41, 5.74) is 0. The second-order valence-corrected chi connectivity index (χ2v) is 4.72. The highest BCUT2D eigenvalue weighted by molar-refractivity contribution is 7.80. The van der Waals surface area contributed by atoms with Gasteiger partial charge in [-0.3, -0.25) is 0 Å². The van der Waals surface area contributed by atoms with Gasteiger partial charge >= 0.3 is 5.97 Å². The number of esters is 1. The molecule has 0 unspecified atom stereocenters. The normalized spacial score (nSPS) is 10.2. The molecule has 0 aromatic heterocycles. The van der Waals surface area contributed by atoms with E-state index in [0.717, 1.165) is 18.6 Å². The van der Waals surface area contributed by atoms with Crippen LogP contribution in [0.3, 0.4) is 0 Å². The molecule has 3 heteroatoms. The summed E-state index contributed by atoms with van der Waals surface area (Å²) in [6, 6.07) is 0.